The quantitative estimate of drug-likeness (QED) is 0.583. The maximum absolute atomic E-state index is 12.3. The molecule has 8 heteroatoms. The second kappa shape index (κ2) is 10.4. The number of carbonyl (C=O) groups excluding carboxylic acids is 1. The molecule has 3 heterocycles. The van der Waals surface area contributed by atoms with Crippen molar-refractivity contribution < 1.29 is 14.3 Å². The molecule has 0 radical (unpaired) electrons. The Kier molecular flexibility index (Phi) is 6.87. The Morgan fingerprint density at radius 2 is 1.88 bits per heavy atom. The average molecular weight is 462 g/mol. The third kappa shape index (κ3) is 5.46. The van der Waals surface area contributed by atoms with Crippen LogP contribution < -0.4 is 10.1 Å². The summed E-state index contributed by atoms with van der Waals surface area (Å²) in [6, 6.07) is 18.2. The van der Waals surface area contributed by atoms with E-state index in [4.69, 9.17) is 9.47 Å². The number of aryl methyl sites for hydroxylation is 1. The highest BCUT2D eigenvalue weighted by molar-refractivity contribution is 5.77. The van der Waals surface area contributed by atoms with Gasteiger partial charge in [0.15, 0.2) is 6.61 Å². The van der Waals surface area contributed by atoms with E-state index in [9.17, 15) is 4.79 Å². The molecule has 5 rings (SSSR count). The number of hydrogen-bond donors (Lipinski definition) is 1. The molecule has 1 atom stereocenters. The van der Waals surface area contributed by atoms with Crippen LogP contribution in [0.5, 0.6) is 5.75 Å². The lowest BCUT2D eigenvalue weighted by Gasteiger charge is -2.32. The first-order chi connectivity index (χ1) is 16.6. The first-order valence-electron chi connectivity index (χ1n) is 11.9. The molecule has 34 heavy (non-hydrogen) atoms. The van der Waals surface area contributed by atoms with Gasteiger partial charge >= 0.3 is 0 Å². The Bertz CT molecular complexity index is 1090. The molecule has 2 aliphatic rings. The highest BCUT2D eigenvalue weighted by Crippen LogP contribution is 2.27. The zero-order valence-corrected chi connectivity index (χ0v) is 19.5. The second-order valence-corrected chi connectivity index (χ2v) is 9.09. The maximum Gasteiger partial charge on any atom is 0.258 e. The topological polar surface area (TPSA) is 81.5 Å². The van der Waals surface area contributed by atoms with Crippen LogP contribution in [0.2, 0.25) is 0 Å². The largest absolute Gasteiger partial charge is 0.484 e. The lowest BCUT2D eigenvalue weighted by atomic mass is 10.0. The van der Waals surface area contributed by atoms with E-state index in [1.54, 1.807) is 0 Å². The summed E-state index contributed by atoms with van der Waals surface area (Å²) >= 11 is 0. The number of carbonyl (C=O) groups is 1. The number of fused-ring (bicyclic) bond motifs is 1. The molecule has 1 saturated heterocycles. The normalized spacial score (nSPS) is 18.9. The predicted octanol–water partition coefficient (Wildman–Crippen LogP) is 3.02. The summed E-state index contributed by atoms with van der Waals surface area (Å²) in [5.74, 6) is 0.642. The number of benzene rings is 2. The highest BCUT2D eigenvalue weighted by atomic mass is 16.5. The number of hydrogen-bond acceptors (Lipinski definition) is 6. The number of aromatic nitrogens is 3. The number of piperidine rings is 1. The van der Waals surface area contributed by atoms with E-state index in [0.29, 0.717) is 18.9 Å². The van der Waals surface area contributed by atoms with Crippen LogP contribution >= 0.6 is 0 Å². The van der Waals surface area contributed by atoms with Crippen molar-refractivity contribution in [2.24, 2.45) is 0 Å². The van der Waals surface area contributed by atoms with Gasteiger partial charge in [-0.3, -0.25) is 9.69 Å². The Labute approximate surface area is 199 Å². The summed E-state index contributed by atoms with van der Waals surface area (Å²) in [6.45, 7) is 5.84. The molecule has 178 valence electrons. The van der Waals surface area contributed by atoms with Gasteiger partial charge in [0.25, 0.3) is 5.91 Å². The molecule has 1 amide bonds. The van der Waals surface area contributed by atoms with E-state index in [1.165, 1.54) is 11.1 Å². The number of amides is 1. The van der Waals surface area contributed by atoms with Gasteiger partial charge in [0, 0.05) is 25.7 Å². The van der Waals surface area contributed by atoms with Gasteiger partial charge in [-0.1, -0.05) is 53.2 Å². The van der Waals surface area contributed by atoms with Gasteiger partial charge in [-0.05, 0) is 37.5 Å². The second-order valence-electron chi connectivity index (χ2n) is 9.09. The predicted molar refractivity (Wildman–Crippen MR) is 127 cm³/mol. The Morgan fingerprint density at radius 3 is 2.65 bits per heavy atom. The van der Waals surface area contributed by atoms with Crippen LogP contribution in [-0.2, 0) is 29.2 Å². The first kappa shape index (κ1) is 22.6. The standard InChI is InChI=1S/C26H31N5O3/c1-19-7-9-22(10-8-19)33-18-26(32)27-21-11-13-30(14-12-21)15-23-24-17-34-25(16-31(24)29-28-23)20-5-3-2-4-6-20/h2-10,21,25H,11-18H2,1H3,(H,27,32)/t25-/m1/s1. The molecular weight excluding hydrogens is 430 g/mol. The summed E-state index contributed by atoms with van der Waals surface area (Å²) in [4.78, 5) is 14.7. The zero-order chi connectivity index (χ0) is 23.3. The van der Waals surface area contributed by atoms with Crippen LogP contribution in [0.25, 0.3) is 0 Å². The molecule has 8 nitrogen and oxygen atoms in total. The van der Waals surface area contributed by atoms with Gasteiger partial charge in [-0.25, -0.2) is 4.68 Å². The average Bonchev–Trinajstić information content (AvgIpc) is 3.27. The fraction of sp³-hybridized carbons (Fsp3) is 0.423. The van der Waals surface area contributed by atoms with Crippen molar-refractivity contribution in [1.29, 1.82) is 0 Å². The molecule has 0 saturated carbocycles. The smallest absolute Gasteiger partial charge is 0.258 e. The van der Waals surface area contributed by atoms with Gasteiger partial charge in [0.05, 0.1) is 18.8 Å². The SMILES string of the molecule is Cc1ccc(OCC(=O)NC2CCN(Cc3nnn4c3CO[C@@H](c3ccccc3)C4)CC2)cc1. The van der Waals surface area contributed by atoms with Gasteiger partial charge in [0.2, 0.25) is 0 Å². The third-order valence-corrected chi connectivity index (χ3v) is 6.57. The zero-order valence-electron chi connectivity index (χ0n) is 19.5. The fourth-order valence-corrected chi connectivity index (χ4v) is 4.55. The lowest BCUT2D eigenvalue weighted by Crippen LogP contribution is -2.45. The van der Waals surface area contributed by atoms with Gasteiger partial charge in [0.1, 0.15) is 17.5 Å². The summed E-state index contributed by atoms with van der Waals surface area (Å²) in [5, 5.41) is 12.0. The summed E-state index contributed by atoms with van der Waals surface area (Å²) in [6.07, 6.45) is 1.83. The van der Waals surface area contributed by atoms with E-state index in [0.717, 1.165) is 43.9 Å². The number of likely N-dealkylation sites (tertiary alicyclic amines) is 1. The van der Waals surface area contributed by atoms with Crippen LogP contribution in [0.3, 0.4) is 0 Å². The number of ether oxygens (including phenoxy) is 2. The lowest BCUT2D eigenvalue weighted by molar-refractivity contribution is -0.124. The van der Waals surface area contributed by atoms with Crippen LogP contribution in [0.1, 0.15) is 41.5 Å². The van der Waals surface area contributed by atoms with Crippen LogP contribution in [0, 0.1) is 6.92 Å². The molecule has 2 aromatic carbocycles. The van der Waals surface area contributed by atoms with E-state index in [-0.39, 0.29) is 24.7 Å². The number of nitrogens with one attached hydrogen (secondary N) is 1. The van der Waals surface area contributed by atoms with Crippen LogP contribution in [-0.4, -0.2) is 51.5 Å². The molecule has 1 aromatic heterocycles. The van der Waals surface area contributed by atoms with Crippen molar-refractivity contribution >= 4 is 5.91 Å². The monoisotopic (exact) mass is 461 g/mol. The van der Waals surface area contributed by atoms with Gasteiger partial charge < -0.3 is 14.8 Å². The highest BCUT2D eigenvalue weighted by Gasteiger charge is 2.27. The molecule has 0 unspecified atom stereocenters. The summed E-state index contributed by atoms with van der Waals surface area (Å²) < 4.78 is 13.7. The third-order valence-electron chi connectivity index (χ3n) is 6.57. The van der Waals surface area contributed by atoms with Crippen molar-refractivity contribution in [3.05, 3.63) is 77.1 Å². The van der Waals surface area contributed by atoms with E-state index >= 15 is 0 Å². The molecule has 2 aliphatic heterocycles. The molecule has 1 N–H and O–H groups in total. The van der Waals surface area contributed by atoms with Gasteiger partial charge in [-0.2, -0.15) is 0 Å². The Hall–Kier alpha value is -3.23. The Balaban J connectivity index is 1.07. The van der Waals surface area contributed by atoms with Crippen molar-refractivity contribution in [2.75, 3.05) is 19.7 Å². The number of nitrogens with zero attached hydrogens (tertiary/aromatic N) is 4. The summed E-state index contributed by atoms with van der Waals surface area (Å²) in [7, 11) is 0. The number of rotatable bonds is 7. The molecule has 1 fully saturated rings. The molecule has 0 bridgehead atoms. The van der Waals surface area contributed by atoms with Crippen molar-refractivity contribution in [2.45, 2.75) is 51.6 Å². The fourth-order valence-electron chi connectivity index (χ4n) is 4.55. The minimum absolute atomic E-state index is 0.0117. The van der Waals surface area contributed by atoms with Crippen molar-refractivity contribution in [1.82, 2.24) is 25.2 Å². The first-order valence-corrected chi connectivity index (χ1v) is 11.9. The van der Waals surface area contributed by atoms with Crippen molar-refractivity contribution in [3.63, 3.8) is 0 Å². The molecule has 3 aromatic rings. The summed E-state index contributed by atoms with van der Waals surface area (Å²) in [5.41, 5.74) is 4.38. The van der Waals surface area contributed by atoms with E-state index < -0.39 is 0 Å². The molecule has 0 aliphatic carbocycles. The van der Waals surface area contributed by atoms with Crippen LogP contribution in [0.4, 0.5) is 0 Å². The van der Waals surface area contributed by atoms with E-state index in [1.807, 2.05) is 54.1 Å². The molecule has 0 spiro atoms. The van der Waals surface area contributed by atoms with E-state index in [2.05, 4.69) is 32.7 Å². The molecular formula is C26H31N5O3. The van der Waals surface area contributed by atoms with Gasteiger partial charge in [-0.15, -0.1) is 5.10 Å². The Morgan fingerprint density at radius 1 is 1.12 bits per heavy atom. The maximum atomic E-state index is 12.3. The minimum Gasteiger partial charge on any atom is -0.484 e. The van der Waals surface area contributed by atoms with Crippen molar-refractivity contribution in [3.8, 4) is 5.75 Å². The van der Waals surface area contributed by atoms with Crippen LogP contribution in [0.15, 0.2) is 54.6 Å². The minimum atomic E-state index is -0.0727.